The van der Waals surface area contributed by atoms with Crippen LogP contribution in [0.2, 0.25) is 0 Å². The Morgan fingerprint density at radius 1 is 0.725 bits per heavy atom. The second kappa shape index (κ2) is 21.3. The molecule has 6 atom stereocenters. The topological polar surface area (TPSA) is 84.8 Å². The number of aliphatic hydroxyl groups is 1. The standard InChI is InChI=1S/C30H58F2O8/c1-7-13-18-34-23-24-25(36-19-14-8-2)26(37-20-15-9-3)27(38-21-16-10-4)30(40-24,39-22-17-11-5)29(31,32)28(33)35-12-6/h24-28,33H,7-23H2,1-6H3/t24-,25+,26+,27-,28?,30-/m1/s1. The molecule has 0 spiro atoms. The second-order valence-electron chi connectivity index (χ2n) is 10.4. The highest BCUT2D eigenvalue weighted by Crippen LogP contribution is 2.47. The normalized spacial score (nSPS) is 26.3. The number of alkyl halides is 2. The first-order valence-corrected chi connectivity index (χ1v) is 15.7. The molecule has 10 heteroatoms. The molecule has 1 fully saturated rings. The molecule has 0 bridgehead atoms. The van der Waals surface area contributed by atoms with Crippen LogP contribution in [-0.2, 0) is 33.2 Å². The Morgan fingerprint density at radius 2 is 1.23 bits per heavy atom. The van der Waals surface area contributed by atoms with Gasteiger partial charge in [-0.05, 0) is 39.0 Å². The van der Waals surface area contributed by atoms with Crippen molar-refractivity contribution in [1.82, 2.24) is 0 Å². The molecule has 0 aromatic rings. The summed E-state index contributed by atoms with van der Waals surface area (Å²) >= 11 is 0. The van der Waals surface area contributed by atoms with Crippen molar-refractivity contribution in [3.05, 3.63) is 0 Å². The van der Waals surface area contributed by atoms with Gasteiger partial charge in [-0.1, -0.05) is 66.7 Å². The zero-order valence-corrected chi connectivity index (χ0v) is 26.0. The second-order valence-corrected chi connectivity index (χ2v) is 10.4. The van der Waals surface area contributed by atoms with E-state index in [0.717, 1.165) is 51.4 Å². The Morgan fingerprint density at radius 3 is 1.77 bits per heavy atom. The smallest absolute Gasteiger partial charge is 0.352 e. The Bertz CT molecular complexity index is 614. The molecule has 0 amide bonds. The summed E-state index contributed by atoms with van der Waals surface area (Å²) in [6.45, 7) is 12.9. The van der Waals surface area contributed by atoms with Gasteiger partial charge in [0.25, 0.3) is 5.79 Å². The van der Waals surface area contributed by atoms with Gasteiger partial charge in [-0.3, -0.25) is 0 Å². The molecule has 1 rings (SSSR count). The Labute approximate surface area is 241 Å². The van der Waals surface area contributed by atoms with Gasteiger partial charge in [0.05, 0.1) is 13.2 Å². The van der Waals surface area contributed by atoms with Crippen LogP contribution in [0, 0.1) is 0 Å². The largest absolute Gasteiger partial charge is 0.379 e. The van der Waals surface area contributed by atoms with Crippen LogP contribution in [-0.4, -0.2) is 93.8 Å². The summed E-state index contributed by atoms with van der Waals surface area (Å²) in [7, 11) is 0. The van der Waals surface area contributed by atoms with Crippen LogP contribution in [0.3, 0.4) is 0 Å². The monoisotopic (exact) mass is 584 g/mol. The van der Waals surface area contributed by atoms with E-state index in [-0.39, 0.29) is 26.4 Å². The summed E-state index contributed by atoms with van der Waals surface area (Å²) in [6, 6.07) is 0. The Balaban J connectivity index is 3.70. The predicted octanol–water partition coefficient (Wildman–Crippen LogP) is 6.26. The molecule has 0 saturated carbocycles. The summed E-state index contributed by atoms with van der Waals surface area (Å²) in [6.07, 6.45) is 1.24. The first kappa shape index (κ1) is 37.6. The first-order valence-electron chi connectivity index (χ1n) is 15.7. The lowest BCUT2D eigenvalue weighted by molar-refractivity contribution is -0.458. The molecule has 240 valence electrons. The lowest BCUT2D eigenvalue weighted by Crippen LogP contribution is -2.76. The molecule has 1 aliphatic heterocycles. The van der Waals surface area contributed by atoms with E-state index in [1.807, 2.05) is 20.8 Å². The van der Waals surface area contributed by atoms with E-state index in [1.54, 1.807) is 6.92 Å². The van der Waals surface area contributed by atoms with Gasteiger partial charge in [0, 0.05) is 33.0 Å². The van der Waals surface area contributed by atoms with Crippen LogP contribution in [0.15, 0.2) is 0 Å². The fraction of sp³-hybridized carbons (Fsp3) is 1.00. The van der Waals surface area contributed by atoms with Crippen LogP contribution in [0.4, 0.5) is 8.78 Å². The third-order valence-corrected chi connectivity index (χ3v) is 6.94. The third-order valence-electron chi connectivity index (χ3n) is 6.94. The molecule has 1 heterocycles. The molecule has 0 aromatic carbocycles. The summed E-state index contributed by atoms with van der Waals surface area (Å²) in [5.41, 5.74) is 0. The third kappa shape index (κ3) is 11.0. The zero-order valence-electron chi connectivity index (χ0n) is 26.0. The van der Waals surface area contributed by atoms with E-state index in [9.17, 15) is 5.11 Å². The minimum Gasteiger partial charge on any atom is -0.379 e. The Kier molecular flexibility index (Phi) is 20.0. The molecule has 1 N–H and O–H groups in total. The van der Waals surface area contributed by atoms with E-state index in [2.05, 4.69) is 13.8 Å². The van der Waals surface area contributed by atoms with Crippen LogP contribution in [0.5, 0.6) is 0 Å². The quantitative estimate of drug-likeness (QED) is 0.0994. The molecule has 1 unspecified atom stereocenters. The van der Waals surface area contributed by atoms with Crippen molar-refractivity contribution in [3.63, 3.8) is 0 Å². The van der Waals surface area contributed by atoms with Crippen molar-refractivity contribution in [1.29, 1.82) is 0 Å². The van der Waals surface area contributed by atoms with Gasteiger partial charge in [-0.25, -0.2) is 0 Å². The SMILES string of the molecule is CCCCOC[C@H]1O[C@@](OCCCC)(C(F)(F)C(O)OCC)[C@H](OCCCC)[C@@H](OCCCC)[C@H]1OCCCC. The molecular formula is C30H58F2O8. The zero-order chi connectivity index (χ0) is 29.9. The lowest BCUT2D eigenvalue weighted by atomic mass is 9.87. The van der Waals surface area contributed by atoms with Crippen molar-refractivity contribution >= 4 is 0 Å². The molecule has 1 saturated heterocycles. The molecule has 0 aliphatic carbocycles. The highest BCUT2D eigenvalue weighted by molar-refractivity contribution is 5.07. The number of hydrogen-bond acceptors (Lipinski definition) is 8. The number of ether oxygens (including phenoxy) is 7. The van der Waals surface area contributed by atoms with Crippen LogP contribution < -0.4 is 0 Å². The molecule has 0 aromatic heterocycles. The predicted molar refractivity (Wildman–Crippen MR) is 151 cm³/mol. The fourth-order valence-corrected chi connectivity index (χ4v) is 4.49. The van der Waals surface area contributed by atoms with Crippen molar-refractivity contribution in [3.8, 4) is 0 Å². The number of halogens is 2. The maximum Gasteiger partial charge on any atom is 0.352 e. The van der Waals surface area contributed by atoms with Crippen LogP contribution in [0.25, 0.3) is 0 Å². The number of hydrogen-bond donors (Lipinski definition) is 1. The average Bonchev–Trinajstić information content (AvgIpc) is 2.93. The number of rotatable bonds is 25. The van der Waals surface area contributed by atoms with Gasteiger partial charge < -0.3 is 38.3 Å². The summed E-state index contributed by atoms with van der Waals surface area (Å²) < 4.78 is 75.1. The van der Waals surface area contributed by atoms with Gasteiger partial charge in [-0.2, -0.15) is 8.78 Å². The summed E-state index contributed by atoms with van der Waals surface area (Å²) in [5, 5.41) is 10.6. The first-order chi connectivity index (χ1) is 19.3. The minimum atomic E-state index is -4.00. The van der Waals surface area contributed by atoms with Crippen molar-refractivity contribution in [2.24, 2.45) is 0 Å². The maximum atomic E-state index is 16.5. The van der Waals surface area contributed by atoms with Gasteiger partial charge >= 0.3 is 5.92 Å². The van der Waals surface area contributed by atoms with E-state index in [1.165, 1.54) is 0 Å². The summed E-state index contributed by atoms with van der Waals surface area (Å²) in [5.74, 6) is -6.69. The molecule has 40 heavy (non-hydrogen) atoms. The average molecular weight is 585 g/mol. The number of aliphatic hydroxyl groups excluding tert-OH is 1. The van der Waals surface area contributed by atoms with Crippen molar-refractivity contribution < 1.29 is 47.0 Å². The van der Waals surface area contributed by atoms with Crippen molar-refractivity contribution in [2.75, 3.05) is 46.2 Å². The highest BCUT2D eigenvalue weighted by atomic mass is 19.3. The molecule has 0 radical (unpaired) electrons. The van der Waals surface area contributed by atoms with Gasteiger partial charge in [0.15, 0.2) is 0 Å². The van der Waals surface area contributed by atoms with E-state index in [0.29, 0.717) is 32.7 Å². The minimum absolute atomic E-state index is 0.00576. The maximum absolute atomic E-state index is 16.5. The van der Waals surface area contributed by atoms with E-state index in [4.69, 9.17) is 33.2 Å². The lowest BCUT2D eigenvalue weighted by Gasteiger charge is -2.54. The van der Waals surface area contributed by atoms with Crippen molar-refractivity contribution in [2.45, 2.75) is 148 Å². The molecule has 8 nitrogen and oxygen atoms in total. The van der Waals surface area contributed by atoms with Crippen LogP contribution in [0.1, 0.15) is 106 Å². The van der Waals surface area contributed by atoms with E-state index < -0.39 is 42.4 Å². The van der Waals surface area contributed by atoms with Crippen LogP contribution >= 0.6 is 0 Å². The van der Waals surface area contributed by atoms with Gasteiger partial charge in [0.1, 0.15) is 24.4 Å². The number of unbranched alkanes of at least 4 members (excludes halogenated alkanes) is 5. The molecular weight excluding hydrogens is 526 g/mol. The molecule has 1 aliphatic rings. The Hall–Kier alpha value is -0.460. The van der Waals surface area contributed by atoms with Gasteiger partial charge in [-0.15, -0.1) is 0 Å². The fourth-order valence-electron chi connectivity index (χ4n) is 4.49. The highest BCUT2D eigenvalue weighted by Gasteiger charge is 2.72. The van der Waals surface area contributed by atoms with Gasteiger partial charge in [0.2, 0.25) is 6.29 Å². The summed E-state index contributed by atoms with van der Waals surface area (Å²) in [4.78, 5) is 0. The van der Waals surface area contributed by atoms with E-state index >= 15 is 8.78 Å².